The number of amides is 1. The summed E-state index contributed by atoms with van der Waals surface area (Å²) in [6.45, 7) is 3.67. The lowest BCUT2D eigenvalue weighted by atomic mass is 10.2. The zero-order chi connectivity index (χ0) is 20.7. The SMILES string of the molecule is CCOc1c(Cl)cc(C(=O)O[C@@H](C)C(=O)Nc2ccc(OC)cc2)cc1OC. The molecule has 0 heterocycles. The summed E-state index contributed by atoms with van der Waals surface area (Å²) < 4.78 is 20.9. The standard InChI is InChI=1S/C20H22ClNO6/c1-5-27-18-16(21)10-13(11-17(18)26-4)20(24)28-12(2)19(23)22-14-6-8-15(25-3)9-7-14/h6-12H,5H2,1-4H3,(H,22,23)/t12-/m0/s1. The van der Waals surface area contributed by atoms with E-state index in [0.717, 1.165) is 0 Å². The van der Waals surface area contributed by atoms with E-state index in [2.05, 4.69) is 5.32 Å². The van der Waals surface area contributed by atoms with Crippen LogP contribution in [0.5, 0.6) is 17.2 Å². The highest BCUT2D eigenvalue weighted by atomic mass is 35.5. The van der Waals surface area contributed by atoms with Gasteiger partial charge in [0.1, 0.15) is 5.75 Å². The number of hydrogen-bond donors (Lipinski definition) is 1. The van der Waals surface area contributed by atoms with Crippen LogP contribution in [0.3, 0.4) is 0 Å². The first-order valence-corrected chi connectivity index (χ1v) is 8.93. The molecule has 2 aromatic carbocycles. The topological polar surface area (TPSA) is 83.1 Å². The van der Waals surface area contributed by atoms with Crippen molar-refractivity contribution in [1.29, 1.82) is 0 Å². The molecule has 0 fully saturated rings. The Kier molecular flexibility index (Phi) is 7.52. The number of anilines is 1. The molecule has 0 saturated heterocycles. The number of esters is 1. The molecule has 2 rings (SSSR count). The fraction of sp³-hybridized carbons (Fsp3) is 0.300. The molecular weight excluding hydrogens is 386 g/mol. The van der Waals surface area contributed by atoms with Gasteiger partial charge >= 0.3 is 5.97 Å². The molecule has 28 heavy (non-hydrogen) atoms. The lowest BCUT2D eigenvalue weighted by Crippen LogP contribution is -2.30. The Balaban J connectivity index is 2.06. The number of benzene rings is 2. The van der Waals surface area contributed by atoms with Crippen LogP contribution in [-0.2, 0) is 9.53 Å². The number of halogens is 1. The molecule has 0 aromatic heterocycles. The van der Waals surface area contributed by atoms with Crippen LogP contribution < -0.4 is 19.5 Å². The molecular formula is C20H22ClNO6. The summed E-state index contributed by atoms with van der Waals surface area (Å²) in [6.07, 6.45) is -1.02. The van der Waals surface area contributed by atoms with Gasteiger partial charge in [-0.25, -0.2) is 4.79 Å². The predicted octanol–water partition coefficient (Wildman–Crippen LogP) is 3.94. The van der Waals surface area contributed by atoms with E-state index < -0.39 is 18.0 Å². The molecule has 0 unspecified atom stereocenters. The maximum atomic E-state index is 12.4. The van der Waals surface area contributed by atoms with Gasteiger partial charge in [-0.2, -0.15) is 0 Å². The third kappa shape index (κ3) is 5.29. The molecule has 1 atom stereocenters. The number of rotatable bonds is 8. The normalized spacial score (nSPS) is 11.3. The number of hydrogen-bond acceptors (Lipinski definition) is 6. The minimum atomic E-state index is -1.02. The van der Waals surface area contributed by atoms with E-state index in [1.165, 1.54) is 26.2 Å². The maximum Gasteiger partial charge on any atom is 0.339 e. The Hall–Kier alpha value is -2.93. The van der Waals surface area contributed by atoms with Gasteiger partial charge in [0.05, 0.1) is 31.4 Å². The van der Waals surface area contributed by atoms with Gasteiger partial charge in [0.15, 0.2) is 17.6 Å². The van der Waals surface area contributed by atoms with Gasteiger partial charge in [-0.1, -0.05) is 11.6 Å². The molecule has 8 heteroatoms. The Morgan fingerprint density at radius 1 is 1.11 bits per heavy atom. The number of carbonyl (C=O) groups is 2. The molecule has 1 amide bonds. The van der Waals surface area contributed by atoms with Crippen molar-refractivity contribution in [3.63, 3.8) is 0 Å². The van der Waals surface area contributed by atoms with Crippen molar-refractivity contribution in [2.75, 3.05) is 26.1 Å². The largest absolute Gasteiger partial charge is 0.497 e. The Bertz CT molecular complexity index is 837. The van der Waals surface area contributed by atoms with Gasteiger partial charge in [0.25, 0.3) is 5.91 Å². The number of ether oxygens (including phenoxy) is 4. The van der Waals surface area contributed by atoms with Crippen LogP contribution in [0.1, 0.15) is 24.2 Å². The van der Waals surface area contributed by atoms with Crippen molar-refractivity contribution >= 4 is 29.2 Å². The van der Waals surface area contributed by atoms with Crippen molar-refractivity contribution in [2.45, 2.75) is 20.0 Å². The summed E-state index contributed by atoms with van der Waals surface area (Å²) in [5, 5.41) is 2.88. The third-order valence-electron chi connectivity index (χ3n) is 3.76. The zero-order valence-corrected chi connectivity index (χ0v) is 16.8. The summed E-state index contributed by atoms with van der Waals surface area (Å²) in [7, 11) is 2.99. The van der Waals surface area contributed by atoms with Gasteiger partial charge in [0.2, 0.25) is 0 Å². The first-order chi connectivity index (χ1) is 13.4. The molecule has 0 aliphatic rings. The lowest BCUT2D eigenvalue weighted by Gasteiger charge is -2.16. The summed E-state index contributed by atoms with van der Waals surface area (Å²) in [5.41, 5.74) is 0.703. The van der Waals surface area contributed by atoms with Crippen LogP contribution in [-0.4, -0.2) is 38.8 Å². The molecule has 2 aromatic rings. The Morgan fingerprint density at radius 3 is 2.36 bits per heavy atom. The predicted molar refractivity (Wildman–Crippen MR) is 106 cm³/mol. The molecule has 0 bridgehead atoms. The first-order valence-electron chi connectivity index (χ1n) is 8.55. The van der Waals surface area contributed by atoms with Crippen LogP contribution >= 0.6 is 11.6 Å². The molecule has 0 aliphatic carbocycles. The molecule has 0 spiro atoms. The Labute approximate surface area is 168 Å². The van der Waals surface area contributed by atoms with Crippen molar-refractivity contribution in [3.8, 4) is 17.2 Å². The van der Waals surface area contributed by atoms with Crippen molar-refractivity contribution in [1.82, 2.24) is 0 Å². The second kappa shape index (κ2) is 9.85. The lowest BCUT2D eigenvalue weighted by molar-refractivity contribution is -0.123. The van der Waals surface area contributed by atoms with Crippen molar-refractivity contribution in [2.24, 2.45) is 0 Å². The van der Waals surface area contributed by atoms with Gasteiger partial charge in [0, 0.05) is 5.69 Å². The van der Waals surface area contributed by atoms with Crippen LogP contribution in [0.15, 0.2) is 36.4 Å². The first kappa shape index (κ1) is 21.4. The highest BCUT2D eigenvalue weighted by molar-refractivity contribution is 6.32. The Morgan fingerprint density at radius 2 is 1.79 bits per heavy atom. The van der Waals surface area contributed by atoms with E-state index in [1.807, 2.05) is 0 Å². The number of methoxy groups -OCH3 is 2. The van der Waals surface area contributed by atoms with E-state index >= 15 is 0 Å². The fourth-order valence-corrected chi connectivity index (χ4v) is 2.59. The third-order valence-corrected chi connectivity index (χ3v) is 4.05. The molecule has 1 N–H and O–H groups in total. The zero-order valence-electron chi connectivity index (χ0n) is 16.1. The van der Waals surface area contributed by atoms with Gasteiger partial charge in [-0.15, -0.1) is 0 Å². The number of carbonyl (C=O) groups excluding carboxylic acids is 2. The summed E-state index contributed by atoms with van der Waals surface area (Å²) in [5.74, 6) is 0.132. The number of nitrogens with one attached hydrogen (secondary N) is 1. The minimum absolute atomic E-state index is 0.148. The molecule has 0 radical (unpaired) electrons. The van der Waals surface area contributed by atoms with E-state index in [9.17, 15) is 9.59 Å². The monoisotopic (exact) mass is 407 g/mol. The van der Waals surface area contributed by atoms with E-state index in [4.69, 9.17) is 30.5 Å². The summed E-state index contributed by atoms with van der Waals surface area (Å²) in [6, 6.07) is 9.64. The summed E-state index contributed by atoms with van der Waals surface area (Å²) in [4.78, 5) is 24.7. The highest BCUT2D eigenvalue weighted by Crippen LogP contribution is 2.36. The summed E-state index contributed by atoms with van der Waals surface area (Å²) >= 11 is 6.16. The molecule has 0 saturated carbocycles. The van der Waals surface area contributed by atoms with Crippen LogP contribution in [0.25, 0.3) is 0 Å². The molecule has 150 valence electrons. The van der Waals surface area contributed by atoms with E-state index in [1.54, 1.807) is 38.3 Å². The molecule has 7 nitrogen and oxygen atoms in total. The van der Waals surface area contributed by atoms with E-state index in [-0.39, 0.29) is 10.6 Å². The van der Waals surface area contributed by atoms with Crippen LogP contribution in [0, 0.1) is 0 Å². The fourth-order valence-electron chi connectivity index (χ4n) is 2.32. The van der Waals surface area contributed by atoms with Crippen molar-refractivity contribution < 1.29 is 28.5 Å². The van der Waals surface area contributed by atoms with E-state index in [0.29, 0.717) is 29.5 Å². The van der Waals surface area contributed by atoms with Crippen LogP contribution in [0.2, 0.25) is 5.02 Å². The van der Waals surface area contributed by atoms with Gasteiger partial charge in [-0.05, 0) is 50.2 Å². The average Bonchev–Trinajstić information content (AvgIpc) is 2.69. The average molecular weight is 408 g/mol. The van der Waals surface area contributed by atoms with Gasteiger partial charge < -0.3 is 24.3 Å². The molecule has 0 aliphatic heterocycles. The second-order valence-electron chi connectivity index (χ2n) is 5.69. The highest BCUT2D eigenvalue weighted by Gasteiger charge is 2.22. The van der Waals surface area contributed by atoms with Crippen molar-refractivity contribution in [3.05, 3.63) is 47.0 Å². The smallest absolute Gasteiger partial charge is 0.339 e. The van der Waals surface area contributed by atoms with Gasteiger partial charge in [-0.3, -0.25) is 4.79 Å². The van der Waals surface area contributed by atoms with Crippen LogP contribution in [0.4, 0.5) is 5.69 Å². The quantitative estimate of drug-likeness (QED) is 0.667. The second-order valence-corrected chi connectivity index (χ2v) is 6.09. The minimum Gasteiger partial charge on any atom is -0.497 e. The maximum absolute atomic E-state index is 12.4.